The summed E-state index contributed by atoms with van der Waals surface area (Å²) < 4.78 is 10.7. The Morgan fingerprint density at radius 2 is 1.82 bits per heavy atom. The van der Waals surface area contributed by atoms with E-state index in [9.17, 15) is 14.6 Å². The third-order valence-corrected chi connectivity index (χ3v) is 6.29. The Bertz CT molecular complexity index is 989. The molecule has 0 unspecified atom stereocenters. The summed E-state index contributed by atoms with van der Waals surface area (Å²) in [5, 5.41) is 12.7. The molecule has 0 aromatic heterocycles. The fraction of sp³-hybridized carbons (Fsp3) is 0.440. The molecule has 0 bridgehead atoms. The molecule has 2 aliphatic heterocycles. The Balaban J connectivity index is 1.32. The number of carbonyl (C=O) groups excluding carboxylic acids is 2. The SMILES string of the molecule is CC(C)[C@H](NC(=O)c1ccc2c(c1)B(O)OC2)C(=O)OCc1ccc(CN2CCCC2)cc1. The number of hydrogen-bond donors (Lipinski definition) is 2. The predicted molar refractivity (Wildman–Crippen MR) is 126 cm³/mol. The lowest BCUT2D eigenvalue weighted by molar-refractivity contribution is -0.148. The maximum Gasteiger partial charge on any atom is 0.491 e. The van der Waals surface area contributed by atoms with Gasteiger partial charge in [0, 0.05) is 12.1 Å². The normalized spacial score (nSPS) is 16.7. The van der Waals surface area contributed by atoms with Crippen molar-refractivity contribution in [3.05, 3.63) is 64.7 Å². The molecule has 1 amide bonds. The number of rotatable bonds is 8. The van der Waals surface area contributed by atoms with Crippen molar-refractivity contribution in [3.63, 3.8) is 0 Å². The fourth-order valence-electron chi connectivity index (χ4n) is 4.26. The van der Waals surface area contributed by atoms with Gasteiger partial charge in [-0.3, -0.25) is 9.69 Å². The predicted octanol–water partition coefficient (Wildman–Crippen LogP) is 2.00. The van der Waals surface area contributed by atoms with Gasteiger partial charge in [-0.15, -0.1) is 0 Å². The van der Waals surface area contributed by atoms with Crippen molar-refractivity contribution >= 4 is 24.5 Å². The van der Waals surface area contributed by atoms with E-state index >= 15 is 0 Å². The molecule has 1 saturated heterocycles. The number of amides is 1. The molecule has 33 heavy (non-hydrogen) atoms. The van der Waals surface area contributed by atoms with Crippen LogP contribution < -0.4 is 10.8 Å². The summed E-state index contributed by atoms with van der Waals surface area (Å²) in [6, 6.07) is 12.4. The lowest BCUT2D eigenvalue weighted by atomic mass is 9.78. The van der Waals surface area contributed by atoms with Crippen molar-refractivity contribution in [2.24, 2.45) is 5.92 Å². The zero-order valence-corrected chi connectivity index (χ0v) is 19.3. The Morgan fingerprint density at radius 1 is 1.12 bits per heavy atom. The quantitative estimate of drug-likeness (QED) is 0.473. The first-order valence-corrected chi connectivity index (χ1v) is 11.6. The average Bonchev–Trinajstić information content (AvgIpc) is 3.46. The van der Waals surface area contributed by atoms with Crippen LogP contribution in [-0.4, -0.2) is 48.1 Å². The van der Waals surface area contributed by atoms with E-state index < -0.39 is 19.1 Å². The topological polar surface area (TPSA) is 88.1 Å². The molecular weight excluding hydrogens is 419 g/mol. The summed E-state index contributed by atoms with van der Waals surface area (Å²) in [7, 11) is -1.03. The molecule has 4 rings (SSSR count). The number of fused-ring (bicyclic) bond motifs is 1. The first kappa shape index (κ1) is 23.5. The lowest BCUT2D eigenvalue weighted by Crippen LogP contribution is -2.45. The molecule has 0 saturated carbocycles. The van der Waals surface area contributed by atoms with Crippen molar-refractivity contribution in [1.82, 2.24) is 10.2 Å². The zero-order chi connectivity index (χ0) is 23.4. The number of nitrogens with one attached hydrogen (secondary N) is 1. The van der Waals surface area contributed by atoms with Gasteiger partial charge in [-0.1, -0.05) is 44.2 Å². The summed E-state index contributed by atoms with van der Waals surface area (Å²) in [6.07, 6.45) is 2.54. The molecule has 2 N–H and O–H groups in total. The highest BCUT2D eigenvalue weighted by atomic mass is 16.5. The molecule has 2 aromatic rings. The molecule has 0 spiro atoms. The number of esters is 1. The van der Waals surface area contributed by atoms with Crippen LogP contribution in [0, 0.1) is 5.92 Å². The largest absolute Gasteiger partial charge is 0.491 e. The Labute approximate surface area is 195 Å². The van der Waals surface area contributed by atoms with Crippen molar-refractivity contribution in [3.8, 4) is 0 Å². The number of likely N-dealkylation sites (tertiary alicyclic amines) is 1. The van der Waals surface area contributed by atoms with Gasteiger partial charge < -0.3 is 19.7 Å². The smallest absolute Gasteiger partial charge is 0.459 e. The Kier molecular flexibility index (Phi) is 7.48. The van der Waals surface area contributed by atoms with Gasteiger partial charge in [0.1, 0.15) is 12.6 Å². The fourth-order valence-corrected chi connectivity index (χ4v) is 4.26. The van der Waals surface area contributed by atoms with Crippen LogP contribution in [0.4, 0.5) is 0 Å². The Hall–Kier alpha value is -2.68. The van der Waals surface area contributed by atoms with E-state index in [4.69, 9.17) is 9.39 Å². The van der Waals surface area contributed by atoms with Crippen LogP contribution in [0.3, 0.4) is 0 Å². The maximum atomic E-state index is 12.8. The summed E-state index contributed by atoms with van der Waals surface area (Å²) >= 11 is 0. The van der Waals surface area contributed by atoms with Crippen LogP contribution in [-0.2, 0) is 33.9 Å². The lowest BCUT2D eigenvalue weighted by Gasteiger charge is -2.21. The first-order chi connectivity index (χ1) is 15.9. The number of carbonyl (C=O) groups is 2. The average molecular weight is 450 g/mol. The van der Waals surface area contributed by atoms with Crippen LogP contribution >= 0.6 is 0 Å². The van der Waals surface area contributed by atoms with Gasteiger partial charge in [0.25, 0.3) is 5.91 Å². The van der Waals surface area contributed by atoms with Gasteiger partial charge in [-0.2, -0.15) is 0 Å². The highest BCUT2D eigenvalue weighted by Gasteiger charge is 2.30. The van der Waals surface area contributed by atoms with Crippen molar-refractivity contribution in [1.29, 1.82) is 0 Å². The molecule has 0 radical (unpaired) electrons. The minimum Gasteiger partial charge on any atom is -0.459 e. The van der Waals surface area contributed by atoms with Gasteiger partial charge in [0.15, 0.2) is 0 Å². The third kappa shape index (κ3) is 5.82. The maximum absolute atomic E-state index is 12.8. The molecule has 2 aliphatic rings. The number of nitrogens with zero attached hydrogens (tertiary/aromatic N) is 1. The van der Waals surface area contributed by atoms with Gasteiger partial charge in [0.2, 0.25) is 0 Å². The second-order valence-electron chi connectivity index (χ2n) is 9.18. The van der Waals surface area contributed by atoms with Crippen molar-refractivity contribution in [2.45, 2.75) is 52.5 Å². The van der Waals surface area contributed by atoms with E-state index in [-0.39, 0.29) is 18.4 Å². The number of ether oxygens (including phenoxy) is 1. The van der Waals surface area contributed by atoms with E-state index in [1.165, 1.54) is 18.4 Å². The zero-order valence-electron chi connectivity index (χ0n) is 19.3. The monoisotopic (exact) mass is 450 g/mol. The molecule has 0 aliphatic carbocycles. The van der Waals surface area contributed by atoms with Crippen LogP contribution in [0.5, 0.6) is 0 Å². The summed E-state index contributed by atoms with van der Waals surface area (Å²) in [5.74, 6) is -1.00. The van der Waals surface area contributed by atoms with E-state index in [2.05, 4.69) is 22.3 Å². The van der Waals surface area contributed by atoms with Crippen LogP contribution in [0.2, 0.25) is 0 Å². The van der Waals surface area contributed by atoms with Gasteiger partial charge in [0.05, 0.1) is 6.61 Å². The number of hydrogen-bond acceptors (Lipinski definition) is 6. The highest BCUT2D eigenvalue weighted by Crippen LogP contribution is 2.15. The van der Waals surface area contributed by atoms with Gasteiger partial charge >= 0.3 is 13.1 Å². The highest BCUT2D eigenvalue weighted by molar-refractivity contribution is 6.61. The van der Waals surface area contributed by atoms with Crippen LogP contribution in [0.1, 0.15) is 53.7 Å². The minimum absolute atomic E-state index is 0.146. The molecule has 2 heterocycles. The molecule has 8 heteroatoms. The molecular formula is C25H31BN2O5. The standard InChI is InChI=1S/C25H31BN2O5/c1-17(2)23(27-24(29)20-9-10-21-16-33-26(31)22(21)13-20)25(30)32-15-19-7-5-18(6-8-19)14-28-11-3-4-12-28/h5-10,13,17,23,31H,3-4,11-12,14-16H2,1-2H3,(H,27,29)/t23-/m0/s1. The van der Waals surface area contributed by atoms with Gasteiger partial charge in [-0.25, -0.2) is 4.79 Å². The minimum atomic E-state index is -1.03. The molecule has 174 valence electrons. The summed E-state index contributed by atoms with van der Waals surface area (Å²) in [4.78, 5) is 28.0. The van der Waals surface area contributed by atoms with E-state index in [1.54, 1.807) is 18.2 Å². The summed E-state index contributed by atoms with van der Waals surface area (Å²) in [5.41, 5.74) is 3.97. The van der Waals surface area contributed by atoms with Crippen LogP contribution in [0.15, 0.2) is 42.5 Å². The molecule has 1 fully saturated rings. The third-order valence-electron chi connectivity index (χ3n) is 6.29. The summed E-state index contributed by atoms with van der Waals surface area (Å²) in [6.45, 7) is 7.46. The molecule has 7 nitrogen and oxygen atoms in total. The Morgan fingerprint density at radius 3 is 2.52 bits per heavy atom. The van der Waals surface area contributed by atoms with E-state index in [0.717, 1.165) is 30.8 Å². The van der Waals surface area contributed by atoms with Gasteiger partial charge in [-0.05, 0) is 66.1 Å². The van der Waals surface area contributed by atoms with Crippen molar-refractivity contribution < 1.29 is 24.0 Å². The van der Waals surface area contributed by atoms with E-state index in [1.807, 2.05) is 26.0 Å². The molecule has 2 aromatic carbocycles. The van der Waals surface area contributed by atoms with Crippen molar-refractivity contribution in [2.75, 3.05) is 13.1 Å². The van der Waals surface area contributed by atoms with E-state index in [0.29, 0.717) is 17.6 Å². The van der Waals surface area contributed by atoms with Crippen LogP contribution in [0.25, 0.3) is 0 Å². The number of benzene rings is 2. The second kappa shape index (κ2) is 10.5. The second-order valence-corrected chi connectivity index (χ2v) is 9.18. The molecule has 1 atom stereocenters. The first-order valence-electron chi connectivity index (χ1n) is 11.6.